The molecule has 0 spiro atoms. The molecule has 1 amide bonds. The van der Waals surface area contributed by atoms with Gasteiger partial charge in [0.25, 0.3) is 5.91 Å². The Bertz CT molecular complexity index is 725. The van der Waals surface area contributed by atoms with Crippen LogP contribution in [0.5, 0.6) is 0 Å². The molecular formula is C16H12BrNO3. The lowest BCUT2D eigenvalue weighted by Crippen LogP contribution is -2.25. The average Bonchev–Trinajstić information content (AvgIpc) is 2.90. The van der Waals surface area contributed by atoms with Gasteiger partial charge in [0.1, 0.15) is 0 Å². The van der Waals surface area contributed by atoms with Gasteiger partial charge in [-0.3, -0.25) is 4.79 Å². The Kier molecular flexibility index (Phi) is 3.51. The normalized spacial score (nSPS) is 13.1. The Hall–Kier alpha value is -2.14. The molecule has 21 heavy (non-hydrogen) atoms. The van der Waals surface area contributed by atoms with E-state index < -0.39 is 5.97 Å². The van der Waals surface area contributed by atoms with Gasteiger partial charge in [-0.15, -0.1) is 0 Å². The van der Waals surface area contributed by atoms with Gasteiger partial charge >= 0.3 is 5.97 Å². The van der Waals surface area contributed by atoms with Gasteiger partial charge in [0.2, 0.25) is 0 Å². The number of hydrogen-bond acceptors (Lipinski definition) is 2. The minimum Gasteiger partial charge on any atom is -0.478 e. The van der Waals surface area contributed by atoms with Gasteiger partial charge in [-0.2, -0.15) is 0 Å². The SMILES string of the molecule is O=C(O)c1ccc2c(c1)CN(C(=O)c1ccc(Br)cc1)C2. The second-order valence-corrected chi connectivity index (χ2v) is 5.87. The molecule has 1 aliphatic rings. The van der Waals surface area contributed by atoms with Crippen molar-refractivity contribution in [2.75, 3.05) is 0 Å². The van der Waals surface area contributed by atoms with E-state index in [-0.39, 0.29) is 11.5 Å². The van der Waals surface area contributed by atoms with Crippen LogP contribution in [0.15, 0.2) is 46.9 Å². The molecule has 0 fully saturated rings. The molecule has 2 aromatic carbocycles. The summed E-state index contributed by atoms with van der Waals surface area (Å²) in [5.74, 6) is -0.994. The summed E-state index contributed by atoms with van der Waals surface area (Å²) in [6.45, 7) is 0.968. The molecule has 4 nitrogen and oxygen atoms in total. The van der Waals surface area contributed by atoms with Crippen LogP contribution in [0.1, 0.15) is 31.8 Å². The van der Waals surface area contributed by atoms with Gasteiger partial charge in [-0.05, 0) is 47.5 Å². The fraction of sp³-hybridized carbons (Fsp3) is 0.125. The number of halogens is 1. The summed E-state index contributed by atoms with van der Waals surface area (Å²) in [4.78, 5) is 25.1. The summed E-state index contributed by atoms with van der Waals surface area (Å²) in [7, 11) is 0. The van der Waals surface area contributed by atoms with Crippen LogP contribution in [0.3, 0.4) is 0 Å². The zero-order chi connectivity index (χ0) is 15.0. The van der Waals surface area contributed by atoms with E-state index in [1.807, 2.05) is 12.1 Å². The van der Waals surface area contributed by atoms with E-state index in [1.54, 1.807) is 35.2 Å². The van der Waals surface area contributed by atoms with Crippen molar-refractivity contribution in [2.24, 2.45) is 0 Å². The Morgan fingerprint density at radius 2 is 1.57 bits per heavy atom. The number of carbonyl (C=O) groups is 2. The zero-order valence-electron chi connectivity index (χ0n) is 11.0. The maximum absolute atomic E-state index is 12.4. The minimum absolute atomic E-state index is 0.0458. The third kappa shape index (κ3) is 2.69. The summed E-state index contributed by atoms with van der Waals surface area (Å²) in [5.41, 5.74) is 2.79. The molecule has 0 saturated carbocycles. The molecule has 0 radical (unpaired) electrons. The minimum atomic E-state index is -0.949. The van der Waals surface area contributed by atoms with Crippen LogP contribution in [-0.4, -0.2) is 21.9 Å². The Labute approximate surface area is 130 Å². The highest BCUT2D eigenvalue weighted by atomic mass is 79.9. The van der Waals surface area contributed by atoms with Gasteiger partial charge in [0.05, 0.1) is 5.56 Å². The number of hydrogen-bond donors (Lipinski definition) is 1. The van der Waals surface area contributed by atoms with Crippen LogP contribution >= 0.6 is 15.9 Å². The van der Waals surface area contributed by atoms with Gasteiger partial charge in [0.15, 0.2) is 0 Å². The molecule has 5 heteroatoms. The first-order valence-corrected chi connectivity index (χ1v) is 7.24. The lowest BCUT2D eigenvalue weighted by molar-refractivity contribution is 0.0696. The Balaban J connectivity index is 1.82. The van der Waals surface area contributed by atoms with E-state index in [0.717, 1.165) is 15.6 Å². The molecule has 1 N–H and O–H groups in total. The predicted octanol–water partition coefficient (Wildman–Crippen LogP) is 3.30. The van der Waals surface area contributed by atoms with E-state index in [1.165, 1.54) is 0 Å². The van der Waals surface area contributed by atoms with Crippen LogP contribution in [0.2, 0.25) is 0 Å². The molecule has 2 aromatic rings. The highest BCUT2D eigenvalue weighted by Gasteiger charge is 2.25. The van der Waals surface area contributed by atoms with Crippen molar-refractivity contribution >= 4 is 27.8 Å². The number of nitrogens with zero attached hydrogens (tertiary/aromatic N) is 1. The first kappa shape index (κ1) is 13.8. The predicted molar refractivity (Wildman–Crippen MR) is 81.1 cm³/mol. The maximum Gasteiger partial charge on any atom is 0.335 e. The van der Waals surface area contributed by atoms with Crippen molar-refractivity contribution in [2.45, 2.75) is 13.1 Å². The van der Waals surface area contributed by atoms with Gasteiger partial charge in [-0.1, -0.05) is 22.0 Å². The molecule has 0 bridgehead atoms. The van der Waals surface area contributed by atoms with Crippen LogP contribution in [0, 0.1) is 0 Å². The van der Waals surface area contributed by atoms with Gasteiger partial charge in [-0.25, -0.2) is 4.79 Å². The number of carboxylic acid groups (broad SMARTS) is 1. The number of carbonyl (C=O) groups excluding carboxylic acids is 1. The quantitative estimate of drug-likeness (QED) is 0.908. The number of amides is 1. The van der Waals surface area contributed by atoms with Crippen LogP contribution < -0.4 is 0 Å². The zero-order valence-corrected chi connectivity index (χ0v) is 12.6. The third-order valence-corrected chi connectivity index (χ3v) is 4.08. The van der Waals surface area contributed by atoms with Crippen molar-refractivity contribution in [1.29, 1.82) is 0 Å². The number of carboxylic acids is 1. The summed E-state index contributed by atoms with van der Waals surface area (Å²) < 4.78 is 0.926. The van der Waals surface area contributed by atoms with Crippen molar-refractivity contribution in [3.8, 4) is 0 Å². The molecule has 106 valence electrons. The standard InChI is InChI=1S/C16H12BrNO3/c17-14-5-3-10(4-6-14)15(19)18-8-12-2-1-11(16(20)21)7-13(12)9-18/h1-7H,8-9H2,(H,20,21). The summed E-state index contributed by atoms with van der Waals surface area (Å²) in [6, 6.07) is 12.2. The average molecular weight is 346 g/mol. The van der Waals surface area contributed by atoms with E-state index in [4.69, 9.17) is 5.11 Å². The number of rotatable bonds is 2. The third-order valence-electron chi connectivity index (χ3n) is 3.55. The monoisotopic (exact) mass is 345 g/mol. The fourth-order valence-electron chi connectivity index (χ4n) is 2.45. The molecule has 0 saturated heterocycles. The van der Waals surface area contributed by atoms with Crippen molar-refractivity contribution in [1.82, 2.24) is 4.90 Å². The second-order valence-electron chi connectivity index (χ2n) is 4.96. The second kappa shape index (κ2) is 5.33. The molecular weight excluding hydrogens is 334 g/mol. The summed E-state index contributed by atoms with van der Waals surface area (Å²) >= 11 is 3.34. The lowest BCUT2D eigenvalue weighted by Gasteiger charge is -2.15. The molecule has 0 aliphatic carbocycles. The van der Waals surface area contributed by atoms with Crippen molar-refractivity contribution in [3.63, 3.8) is 0 Å². The van der Waals surface area contributed by atoms with Crippen molar-refractivity contribution in [3.05, 3.63) is 69.2 Å². The molecule has 0 aromatic heterocycles. The topological polar surface area (TPSA) is 57.6 Å². The van der Waals surface area contributed by atoms with E-state index in [9.17, 15) is 9.59 Å². The van der Waals surface area contributed by atoms with Crippen molar-refractivity contribution < 1.29 is 14.7 Å². The van der Waals surface area contributed by atoms with E-state index in [2.05, 4.69) is 15.9 Å². The first-order chi connectivity index (χ1) is 10.0. The maximum atomic E-state index is 12.4. The van der Waals surface area contributed by atoms with Crippen LogP contribution in [-0.2, 0) is 13.1 Å². The summed E-state index contributed by atoms with van der Waals surface area (Å²) in [5, 5.41) is 9.01. The van der Waals surface area contributed by atoms with Gasteiger partial charge < -0.3 is 10.0 Å². The molecule has 0 atom stereocenters. The first-order valence-electron chi connectivity index (χ1n) is 6.44. The molecule has 3 rings (SSSR count). The number of benzene rings is 2. The van der Waals surface area contributed by atoms with Crippen LogP contribution in [0.25, 0.3) is 0 Å². The number of fused-ring (bicyclic) bond motifs is 1. The highest BCUT2D eigenvalue weighted by Crippen LogP contribution is 2.25. The van der Waals surface area contributed by atoms with E-state index >= 15 is 0 Å². The molecule has 1 heterocycles. The lowest BCUT2D eigenvalue weighted by atomic mass is 10.1. The fourth-order valence-corrected chi connectivity index (χ4v) is 2.71. The van der Waals surface area contributed by atoms with Gasteiger partial charge in [0, 0.05) is 23.1 Å². The summed E-state index contributed by atoms with van der Waals surface area (Å²) in [6.07, 6.45) is 0. The largest absolute Gasteiger partial charge is 0.478 e. The highest BCUT2D eigenvalue weighted by molar-refractivity contribution is 9.10. The van der Waals surface area contributed by atoms with Crippen LogP contribution in [0.4, 0.5) is 0 Å². The smallest absolute Gasteiger partial charge is 0.335 e. The molecule has 0 unspecified atom stereocenters. The Morgan fingerprint density at radius 3 is 2.24 bits per heavy atom. The van der Waals surface area contributed by atoms with E-state index in [0.29, 0.717) is 18.7 Å². The molecule has 1 aliphatic heterocycles. The number of aromatic carboxylic acids is 1. The Morgan fingerprint density at radius 1 is 0.952 bits per heavy atom.